The third-order valence-corrected chi connectivity index (χ3v) is 4.39. The van der Waals surface area contributed by atoms with Crippen molar-refractivity contribution < 1.29 is 0 Å². The molecule has 0 spiro atoms. The van der Waals surface area contributed by atoms with Crippen molar-refractivity contribution in [2.75, 3.05) is 6.54 Å². The van der Waals surface area contributed by atoms with E-state index in [-0.39, 0.29) is 0 Å². The van der Waals surface area contributed by atoms with E-state index < -0.39 is 0 Å². The van der Waals surface area contributed by atoms with E-state index in [1.54, 1.807) is 6.07 Å². The molecule has 3 nitrogen and oxygen atoms in total. The van der Waals surface area contributed by atoms with E-state index in [1.807, 2.05) is 24.7 Å². The number of nitrogens with one attached hydrogen (secondary N) is 1. The predicted molar refractivity (Wildman–Crippen MR) is 82.4 cm³/mol. The third kappa shape index (κ3) is 3.00. The number of halogens is 2. The van der Waals surface area contributed by atoms with Gasteiger partial charge in [-0.25, -0.2) is 4.98 Å². The van der Waals surface area contributed by atoms with Crippen LogP contribution in [0.5, 0.6) is 0 Å². The standard InChI is InChI=1S/C15H17Cl2N3/c16-12-4-3-11(13(17)8-12)5-7-20-10-18-9-15(20)14-2-1-6-19-14/h3-4,8-10,14,19H,1-2,5-7H2. The Bertz CT molecular complexity index is 589. The first-order valence-corrected chi connectivity index (χ1v) is 7.67. The second-order valence-electron chi connectivity index (χ2n) is 5.15. The Morgan fingerprint density at radius 1 is 1.35 bits per heavy atom. The van der Waals surface area contributed by atoms with E-state index in [9.17, 15) is 0 Å². The summed E-state index contributed by atoms with van der Waals surface area (Å²) < 4.78 is 2.22. The molecule has 1 aromatic carbocycles. The van der Waals surface area contributed by atoms with Gasteiger partial charge in [0.1, 0.15) is 0 Å². The van der Waals surface area contributed by atoms with Crippen LogP contribution in [0.15, 0.2) is 30.7 Å². The lowest BCUT2D eigenvalue weighted by molar-refractivity contribution is 0.563. The van der Waals surface area contributed by atoms with Gasteiger partial charge in [-0.1, -0.05) is 29.3 Å². The molecule has 1 saturated heterocycles. The number of aromatic nitrogens is 2. The Balaban J connectivity index is 1.70. The van der Waals surface area contributed by atoms with Crippen LogP contribution < -0.4 is 5.32 Å². The summed E-state index contributed by atoms with van der Waals surface area (Å²) in [6, 6.07) is 6.12. The number of hydrogen-bond donors (Lipinski definition) is 1. The monoisotopic (exact) mass is 309 g/mol. The van der Waals surface area contributed by atoms with Crippen LogP contribution in [0.1, 0.15) is 30.1 Å². The number of rotatable bonds is 4. The SMILES string of the molecule is Clc1ccc(CCn2cncc2C2CCCN2)c(Cl)c1. The van der Waals surface area contributed by atoms with Crippen LogP contribution in [-0.4, -0.2) is 16.1 Å². The van der Waals surface area contributed by atoms with Gasteiger partial charge in [-0.2, -0.15) is 0 Å². The predicted octanol–water partition coefficient (Wildman–Crippen LogP) is 3.86. The van der Waals surface area contributed by atoms with Crippen LogP contribution >= 0.6 is 23.2 Å². The van der Waals surface area contributed by atoms with Crippen LogP contribution in [0, 0.1) is 0 Å². The fraction of sp³-hybridized carbons (Fsp3) is 0.400. The maximum absolute atomic E-state index is 6.21. The maximum Gasteiger partial charge on any atom is 0.0948 e. The summed E-state index contributed by atoms with van der Waals surface area (Å²) in [6.45, 7) is 1.98. The molecule has 0 bridgehead atoms. The van der Waals surface area contributed by atoms with Gasteiger partial charge in [0.15, 0.2) is 0 Å². The molecule has 20 heavy (non-hydrogen) atoms. The van der Waals surface area contributed by atoms with Crippen LogP contribution in [-0.2, 0) is 13.0 Å². The molecule has 0 aliphatic carbocycles. The Hall–Kier alpha value is -1.03. The van der Waals surface area contributed by atoms with Crippen molar-refractivity contribution in [2.24, 2.45) is 0 Å². The summed E-state index contributed by atoms with van der Waals surface area (Å²) in [7, 11) is 0. The van der Waals surface area contributed by atoms with E-state index in [4.69, 9.17) is 23.2 Å². The van der Waals surface area contributed by atoms with Crippen molar-refractivity contribution in [1.82, 2.24) is 14.9 Å². The first-order chi connectivity index (χ1) is 9.74. The molecule has 1 fully saturated rings. The van der Waals surface area contributed by atoms with Crippen molar-refractivity contribution >= 4 is 23.2 Å². The highest BCUT2D eigenvalue weighted by atomic mass is 35.5. The van der Waals surface area contributed by atoms with Crippen molar-refractivity contribution in [3.05, 3.63) is 52.0 Å². The summed E-state index contributed by atoms with van der Waals surface area (Å²) in [5.41, 5.74) is 2.39. The molecule has 1 atom stereocenters. The molecular weight excluding hydrogens is 293 g/mol. The first kappa shape index (κ1) is 13.9. The fourth-order valence-corrected chi connectivity index (χ4v) is 3.21. The largest absolute Gasteiger partial charge is 0.333 e. The molecule has 1 unspecified atom stereocenters. The van der Waals surface area contributed by atoms with E-state index in [0.29, 0.717) is 11.1 Å². The molecule has 0 amide bonds. The lowest BCUT2D eigenvalue weighted by Gasteiger charge is -2.14. The van der Waals surface area contributed by atoms with Crippen molar-refractivity contribution in [3.63, 3.8) is 0 Å². The fourth-order valence-electron chi connectivity index (χ4n) is 2.71. The highest BCUT2D eigenvalue weighted by molar-refractivity contribution is 6.35. The minimum absolute atomic E-state index is 0.443. The van der Waals surface area contributed by atoms with Gasteiger partial charge in [0, 0.05) is 28.8 Å². The third-order valence-electron chi connectivity index (χ3n) is 3.80. The average Bonchev–Trinajstić information content (AvgIpc) is 3.08. The summed E-state index contributed by atoms with van der Waals surface area (Å²) >= 11 is 12.1. The van der Waals surface area contributed by atoms with Gasteiger partial charge in [0.05, 0.1) is 12.0 Å². The number of aryl methyl sites for hydroxylation is 2. The highest BCUT2D eigenvalue weighted by Gasteiger charge is 2.19. The molecule has 2 heterocycles. The molecule has 5 heteroatoms. The quantitative estimate of drug-likeness (QED) is 0.929. The molecule has 1 aliphatic heterocycles. The zero-order valence-corrected chi connectivity index (χ0v) is 12.7. The normalized spacial score (nSPS) is 18.6. The van der Waals surface area contributed by atoms with Crippen LogP contribution in [0.3, 0.4) is 0 Å². The van der Waals surface area contributed by atoms with E-state index in [2.05, 4.69) is 14.9 Å². The Morgan fingerprint density at radius 3 is 3.00 bits per heavy atom. The second kappa shape index (κ2) is 6.17. The first-order valence-electron chi connectivity index (χ1n) is 6.91. The zero-order chi connectivity index (χ0) is 13.9. The summed E-state index contributed by atoms with van der Waals surface area (Å²) in [5.74, 6) is 0. The Labute approximate surface area is 128 Å². The van der Waals surface area contributed by atoms with Crippen molar-refractivity contribution in [3.8, 4) is 0 Å². The molecule has 1 aromatic heterocycles. The van der Waals surface area contributed by atoms with Crippen molar-refractivity contribution in [2.45, 2.75) is 31.8 Å². The van der Waals surface area contributed by atoms with E-state index in [1.165, 1.54) is 18.5 Å². The van der Waals surface area contributed by atoms with Gasteiger partial charge in [0.2, 0.25) is 0 Å². The van der Waals surface area contributed by atoms with Gasteiger partial charge in [-0.15, -0.1) is 0 Å². The topological polar surface area (TPSA) is 29.9 Å². The van der Waals surface area contributed by atoms with E-state index >= 15 is 0 Å². The van der Waals surface area contributed by atoms with Crippen LogP contribution in [0.2, 0.25) is 10.0 Å². The molecule has 106 valence electrons. The molecule has 0 saturated carbocycles. The lowest BCUT2D eigenvalue weighted by Crippen LogP contribution is -2.17. The number of benzene rings is 1. The van der Waals surface area contributed by atoms with Gasteiger partial charge in [-0.05, 0) is 43.5 Å². The minimum atomic E-state index is 0.443. The maximum atomic E-state index is 6.21. The number of imidazole rings is 1. The second-order valence-corrected chi connectivity index (χ2v) is 5.99. The smallest absolute Gasteiger partial charge is 0.0948 e. The number of hydrogen-bond acceptors (Lipinski definition) is 2. The summed E-state index contributed by atoms with van der Waals surface area (Å²) in [4.78, 5) is 4.28. The number of nitrogens with zero attached hydrogens (tertiary/aromatic N) is 2. The van der Waals surface area contributed by atoms with Gasteiger partial charge < -0.3 is 9.88 Å². The lowest BCUT2D eigenvalue weighted by atomic mass is 10.1. The van der Waals surface area contributed by atoms with Gasteiger partial charge >= 0.3 is 0 Å². The molecule has 2 aromatic rings. The Morgan fingerprint density at radius 2 is 2.25 bits per heavy atom. The van der Waals surface area contributed by atoms with Crippen molar-refractivity contribution in [1.29, 1.82) is 0 Å². The van der Waals surface area contributed by atoms with Gasteiger partial charge in [0.25, 0.3) is 0 Å². The molecular formula is C15H17Cl2N3. The Kier molecular flexibility index (Phi) is 4.29. The highest BCUT2D eigenvalue weighted by Crippen LogP contribution is 2.24. The molecule has 1 N–H and O–H groups in total. The minimum Gasteiger partial charge on any atom is -0.333 e. The zero-order valence-electron chi connectivity index (χ0n) is 11.1. The average molecular weight is 310 g/mol. The molecule has 0 radical (unpaired) electrons. The van der Waals surface area contributed by atoms with E-state index in [0.717, 1.165) is 30.1 Å². The molecule has 3 rings (SSSR count). The van der Waals surface area contributed by atoms with Crippen LogP contribution in [0.25, 0.3) is 0 Å². The summed E-state index contributed by atoms with van der Waals surface area (Å²) in [5, 5.41) is 4.92. The summed E-state index contributed by atoms with van der Waals surface area (Å²) in [6.07, 6.45) is 7.17. The molecule has 1 aliphatic rings. The van der Waals surface area contributed by atoms with Crippen LogP contribution in [0.4, 0.5) is 0 Å². The van der Waals surface area contributed by atoms with Gasteiger partial charge in [-0.3, -0.25) is 0 Å².